The summed E-state index contributed by atoms with van der Waals surface area (Å²) >= 11 is 6.21. The van der Waals surface area contributed by atoms with Gasteiger partial charge >= 0.3 is 5.97 Å². The molecule has 1 saturated heterocycles. The minimum Gasteiger partial charge on any atom is -0.493 e. The van der Waals surface area contributed by atoms with E-state index in [1.54, 1.807) is 6.07 Å². The Labute approximate surface area is 201 Å². The van der Waals surface area contributed by atoms with E-state index in [2.05, 4.69) is 15.0 Å². The number of aromatic nitrogens is 2. The molecule has 1 aromatic heterocycles. The predicted molar refractivity (Wildman–Crippen MR) is 124 cm³/mol. The van der Waals surface area contributed by atoms with Crippen LogP contribution in [0.4, 0.5) is 4.39 Å². The molecular weight excluding hydrogens is 461 g/mol. The fraction of sp³-hybridized carbons (Fsp3) is 0.400. The van der Waals surface area contributed by atoms with Crippen LogP contribution in [0.5, 0.6) is 5.75 Å². The molecule has 2 aromatic carbocycles. The molecule has 7 nitrogen and oxygen atoms in total. The zero-order chi connectivity index (χ0) is 23.7. The zero-order valence-electron chi connectivity index (χ0n) is 18.5. The average Bonchev–Trinajstić information content (AvgIpc) is 3.57. The molecule has 2 heterocycles. The molecule has 0 amide bonds. The van der Waals surface area contributed by atoms with Crippen LogP contribution in [-0.4, -0.2) is 45.8 Å². The smallest absolute Gasteiger partial charge is 0.338 e. The molecule has 5 rings (SSSR count). The molecule has 178 valence electrons. The maximum absolute atomic E-state index is 14.2. The van der Waals surface area contributed by atoms with E-state index in [0.717, 1.165) is 49.9 Å². The van der Waals surface area contributed by atoms with E-state index in [1.807, 2.05) is 18.2 Å². The lowest BCUT2D eigenvalue weighted by atomic mass is 9.97. The van der Waals surface area contributed by atoms with Crippen LogP contribution in [-0.2, 0) is 6.54 Å². The number of rotatable bonds is 8. The number of hydrogen-bond acceptors (Lipinski definition) is 6. The second kappa shape index (κ2) is 9.72. The molecule has 34 heavy (non-hydrogen) atoms. The molecule has 1 saturated carbocycles. The van der Waals surface area contributed by atoms with Gasteiger partial charge in [-0.15, -0.1) is 0 Å². The summed E-state index contributed by atoms with van der Waals surface area (Å²) in [6.45, 7) is 2.81. The minimum absolute atomic E-state index is 0.265. The fourth-order valence-corrected chi connectivity index (χ4v) is 4.57. The maximum atomic E-state index is 14.2. The molecule has 9 heteroatoms. The molecule has 1 aliphatic heterocycles. The third-order valence-electron chi connectivity index (χ3n) is 6.47. The molecule has 1 N–H and O–H groups in total. The number of carboxylic acid groups (broad SMARTS) is 1. The molecule has 0 radical (unpaired) electrons. The highest BCUT2D eigenvalue weighted by Crippen LogP contribution is 2.45. The van der Waals surface area contributed by atoms with Gasteiger partial charge in [-0.2, -0.15) is 4.98 Å². The first-order chi connectivity index (χ1) is 16.5. The van der Waals surface area contributed by atoms with Crippen LogP contribution in [0.2, 0.25) is 5.02 Å². The van der Waals surface area contributed by atoms with Crippen molar-refractivity contribution in [1.82, 2.24) is 15.0 Å². The van der Waals surface area contributed by atoms with Crippen LogP contribution in [0, 0.1) is 11.7 Å². The van der Waals surface area contributed by atoms with E-state index in [0.29, 0.717) is 41.6 Å². The number of ether oxygens (including phenoxy) is 1. The van der Waals surface area contributed by atoms with Gasteiger partial charge in [-0.1, -0.05) is 28.9 Å². The van der Waals surface area contributed by atoms with Gasteiger partial charge in [-0.25, -0.2) is 9.18 Å². The molecule has 0 unspecified atom stereocenters. The Bertz CT molecular complexity index is 1190. The molecular formula is C25H25ClFN3O4. The standard InChI is InChI=1S/C25H25ClFN3O4/c26-20-4-2-1-3-17(20)24-28-23(29-34-24)13-30-9-7-15(8-10-30)14-33-22-12-21(27)19(25(31)32)11-18(22)16-5-6-16/h1-4,11-12,15-16H,5-10,13-14H2,(H,31,32). The van der Waals surface area contributed by atoms with Crippen molar-refractivity contribution in [3.05, 3.63) is 64.2 Å². The monoisotopic (exact) mass is 485 g/mol. The van der Waals surface area contributed by atoms with Crippen molar-refractivity contribution in [3.63, 3.8) is 0 Å². The van der Waals surface area contributed by atoms with Crippen molar-refractivity contribution in [1.29, 1.82) is 0 Å². The Morgan fingerprint density at radius 2 is 1.97 bits per heavy atom. The number of carbonyl (C=O) groups is 1. The minimum atomic E-state index is -1.25. The van der Waals surface area contributed by atoms with E-state index in [1.165, 1.54) is 12.1 Å². The lowest BCUT2D eigenvalue weighted by Crippen LogP contribution is -2.35. The molecule has 1 aliphatic carbocycles. The third kappa shape index (κ3) is 5.08. The SMILES string of the molecule is O=C(O)c1cc(C2CC2)c(OCC2CCN(Cc3noc(-c4ccccc4Cl)n3)CC2)cc1F. The molecule has 0 atom stereocenters. The largest absolute Gasteiger partial charge is 0.493 e. The Morgan fingerprint density at radius 3 is 2.68 bits per heavy atom. The van der Waals surface area contributed by atoms with Crippen molar-refractivity contribution in [3.8, 4) is 17.2 Å². The van der Waals surface area contributed by atoms with E-state index >= 15 is 0 Å². The topological polar surface area (TPSA) is 88.7 Å². The third-order valence-corrected chi connectivity index (χ3v) is 6.80. The van der Waals surface area contributed by atoms with Crippen LogP contribution < -0.4 is 4.74 Å². The number of hydrogen-bond donors (Lipinski definition) is 1. The molecule has 3 aromatic rings. The second-order valence-corrected chi connectivity index (χ2v) is 9.38. The van der Waals surface area contributed by atoms with Crippen LogP contribution in [0.3, 0.4) is 0 Å². The van der Waals surface area contributed by atoms with Crippen LogP contribution in [0.15, 0.2) is 40.9 Å². The normalized spacial score (nSPS) is 17.1. The van der Waals surface area contributed by atoms with Crippen LogP contribution in [0.1, 0.15) is 53.3 Å². The quantitative estimate of drug-likeness (QED) is 0.457. The zero-order valence-corrected chi connectivity index (χ0v) is 19.3. The summed E-state index contributed by atoms with van der Waals surface area (Å²) in [5.41, 5.74) is 1.24. The summed E-state index contributed by atoms with van der Waals surface area (Å²) in [6, 6.07) is 10.0. The van der Waals surface area contributed by atoms with Gasteiger partial charge in [0.15, 0.2) is 5.82 Å². The summed E-state index contributed by atoms with van der Waals surface area (Å²) < 4.78 is 25.6. The van der Waals surface area contributed by atoms with Gasteiger partial charge in [0, 0.05) is 6.07 Å². The first kappa shape index (κ1) is 22.8. The number of halogens is 2. The van der Waals surface area contributed by atoms with Crippen molar-refractivity contribution in [2.24, 2.45) is 5.92 Å². The lowest BCUT2D eigenvalue weighted by molar-refractivity contribution is 0.0691. The van der Waals surface area contributed by atoms with Crippen molar-refractivity contribution >= 4 is 17.6 Å². The highest BCUT2D eigenvalue weighted by molar-refractivity contribution is 6.33. The lowest BCUT2D eigenvalue weighted by Gasteiger charge is -2.31. The Morgan fingerprint density at radius 1 is 1.21 bits per heavy atom. The Balaban J connectivity index is 1.15. The number of likely N-dealkylation sites (tertiary alicyclic amines) is 1. The highest BCUT2D eigenvalue weighted by atomic mass is 35.5. The summed E-state index contributed by atoms with van der Waals surface area (Å²) in [5, 5.41) is 13.9. The van der Waals surface area contributed by atoms with Gasteiger partial charge in [0.1, 0.15) is 11.6 Å². The van der Waals surface area contributed by atoms with Gasteiger partial charge in [0.2, 0.25) is 0 Å². The fourth-order valence-electron chi connectivity index (χ4n) is 4.36. The number of benzene rings is 2. The highest BCUT2D eigenvalue weighted by Gasteiger charge is 2.30. The van der Waals surface area contributed by atoms with Gasteiger partial charge in [-0.05, 0) is 74.4 Å². The van der Waals surface area contributed by atoms with Crippen molar-refractivity contribution in [2.45, 2.75) is 38.1 Å². The number of carboxylic acids is 1. The number of piperidine rings is 1. The molecule has 2 aliphatic rings. The van der Waals surface area contributed by atoms with Crippen LogP contribution >= 0.6 is 11.6 Å². The van der Waals surface area contributed by atoms with E-state index < -0.39 is 11.8 Å². The van der Waals surface area contributed by atoms with E-state index in [-0.39, 0.29) is 11.5 Å². The summed E-state index contributed by atoms with van der Waals surface area (Å²) in [5.74, 6) is 0.114. The maximum Gasteiger partial charge on any atom is 0.338 e. The summed E-state index contributed by atoms with van der Waals surface area (Å²) in [7, 11) is 0. The first-order valence-electron chi connectivity index (χ1n) is 11.5. The van der Waals surface area contributed by atoms with Crippen LogP contribution in [0.25, 0.3) is 11.5 Å². The van der Waals surface area contributed by atoms with Crippen molar-refractivity contribution < 1.29 is 23.6 Å². The molecule has 0 spiro atoms. The average molecular weight is 486 g/mol. The van der Waals surface area contributed by atoms with Gasteiger partial charge in [-0.3, -0.25) is 4.90 Å². The van der Waals surface area contributed by atoms with E-state index in [4.69, 9.17) is 20.9 Å². The number of aromatic carboxylic acids is 1. The Kier molecular flexibility index (Phi) is 6.52. The van der Waals surface area contributed by atoms with Crippen molar-refractivity contribution in [2.75, 3.05) is 19.7 Å². The predicted octanol–water partition coefficient (Wildman–Crippen LogP) is 5.40. The first-order valence-corrected chi connectivity index (χ1v) is 11.8. The summed E-state index contributed by atoms with van der Waals surface area (Å²) in [4.78, 5) is 18.0. The molecule has 0 bridgehead atoms. The van der Waals surface area contributed by atoms with Gasteiger partial charge in [0.05, 0.1) is 29.3 Å². The van der Waals surface area contributed by atoms with Gasteiger partial charge < -0.3 is 14.4 Å². The van der Waals surface area contributed by atoms with E-state index in [9.17, 15) is 14.3 Å². The van der Waals surface area contributed by atoms with Gasteiger partial charge in [0.25, 0.3) is 5.89 Å². The summed E-state index contributed by atoms with van der Waals surface area (Å²) in [6.07, 6.45) is 3.83. The molecule has 2 fully saturated rings. The Hall–Kier alpha value is -2.97. The second-order valence-electron chi connectivity index (χ2n) is 8.98. The number of nitrogens with zero attached hydrogens (tertiary/aromatic N) is 3.